The Hall–Kier alpha value is -2.88. The topological polar surface area (TPSA) is 59.4 Å². The molecule has 0 unspecified atom stereocenters. The first-order valence-corrected chi connectivity index (χ1v) is 7.45. The van der Waals surface area contributed by atoms with Gasteiger partial charge in [0, 0.05) is 11.6 Å². The molecule has 0 spiro atoms. The van der Waals surface area contributed by atoms with E-state index in [4.69, 9.17) is 4.74 Å². The largest absolute Gasteiger partial charge is 0.508 e. The summed E-state index contributed by atoms with van der Waals surface area (Å²) in [5, 5.41) is 10.3. The SMILES string of the molecule is CC.COC(=O)c1ccnc2cc(-c3cccc(O)c3)ccc12. The first kappa shape index (κ1) is 16.5. The molecule has 0 bridgehead atoms. The first-order valence-electron chi connectivity index (χ1n) is 7.45. The lowest BCUT2D eigenvalue weighted by Crippen LogP contribution is -2.02. The highest BCUT2D eigenvalue weighted by atomic mass is 16.5. The molecule has 23 heavy (non-hydrogen) atoms. The maximum atomic E-state index is 11.7. The maximum absolute atomic E-state index is 11.7. The molecule has 118 valence electrons. The molecule has 3 aromatic rings. The van der Waals surface area contributed by atoms with E-state index < -0.39 is 0 Å². The van der Waals surface area contributed by atoms with Crippen molar-refractivity contribution in [3.8, 4) is 16.9 Å². The second-order valence-corrected chi connectivity index (χ2v) is 4.63. The van der Waals surface area contributed by atoms with Gasteiger partial charge in [-0.05, 0) is 35.4 Å². The zero-order chi connectivity index (χ0) is 16.8. The van der Waals surface area contributed by atoms with E-state index in [9.17, 15) is 9.90 Å². The molecule has 4 nitrogen and oxygen atoms in total. The van der Waals surface area contributed by atoms with Gasteiger partial charge in [-0.1, -0.05) is 38.1 Å². The Labute approximate surface area is 135 Å². The van der Waals surface area contributed by atoms with Gasteiger partial charge in [-0.15, -0.1) is 0 Å². The van der Waals surface area contributed by atoms with E-state index in [1.165, 1.54) is 7.11 Å². The number of hydrogen-bond donors (Lipinski definition) is 1. The fourth-order valence-electron chi connectivity index (χ4n) is 2.30. The lowest BCUT2D eigenvalue weighted by molar-refractivity contribution is 0.0603. The highest BCUT2D eigenvalue weighted by Gasteiger charge is 2.11. The van der Waals surface area contributed by atoms with Crippen LogP contribution >= 0.6 is 0 Å². The van der Waals surface area contributed by atoms with Crippen molar-refractivity contribution in [1.82, 2.24) is 4.98 Å². The number of benzene rings is 2. The monoisotopic (exact) mass is 309 g/mol. The van der Waals surface area contributed by atoms with Gasteiger partial charge < -0.3 is 9.84 Å². The predicted molar refractivity (Wildman–Crippen MR) is 91.5 cm³/mol. The van der Waals surface area contributed by atoms with Crippen molar-refractivity contribution in [2.24, 2.45) is 0 Å². The third-order valence-corrected chi connectivity index (χ3v) is 3.33. The molecule has 4 heteroatoms. The predicted octanol–water partition coefficient (Wildman–Crippen LogP) is 4.42. The lowest BCUT2D eigenvalue weighted by atomic mass is 10.0. The summed E-state index contributed by atoms with van der Waals surface area (Å²) in [5.41, 5.74) is 3.01. The molecule has 0 radical (unpaired) electrons. The number of phenolic OH excluding ortho intramolecular Hbond substituents is 1. The van der Waals surface area contributed by atoms with Gasteiger partial charge in [-0.25, -0.2) is 4.79 Å². The van der Waals surface area contributed by atoms with Crippen molar-refractivity contribution < 1.29 is 14.6 Å². The summed E-state index contributed by atoms with van der Waals surface area (Å²) in [5.74, 6) is -0.170. The number of aromatic nitrogens is 1. The molecule has 3 rings (SSSR count). The highest BCUT2D eigenvalue weighted by molar-refractivity contribution is 6.04. The summed E-state index contributed by atoms with van der Waals surface area (Å²) in [6.45, 7) is 4.00. The van der Waals surface area contributed by atoms with E-state index >= 15 is 0 Å². The molecule has 1 N–H and O–H groups in total. The summed E-state index contributed by atoms with van der Waals surface area (Å²) >= 11 is 0. The number of nitrogens with zero attached hydrogens (tertiary/aromatic N) is 1. The van der Waals surface area contributed by atoms with Gasteiger partial charge >= 0.3 is 5.97 Å². The molecule has 0 aliphatic carbocycles. The number of carbonyl (C=O) groups excluding carboxylic acids is 1. The van der Waals surface area contributed by atoms with Crippen LogP contribution in [0, 0.1) is 0 Å². The van der Waals surface area contributed by atoms with Crippen LogP contribution in [0.15, 0.2) is 54.7 Å². The molecule has 0 amide bonds. The first-order chi connectivity index (χ1) is 11.2. The smallest absolute Gasteiger partial charge is 0.338 e. The van der Waals surface area contributed by atoms with E-state index in [2.05, 4.69) is 4.98 Å². The molecule has 0 saturated heterocycles. The van der Waals surface area contributed by atoms with Gasteiger partial charge in [0.05, 0.1) is 18.2 Å². The third kappa shape index (κ3) is 3.48. The fourth-order valence-corrected chi connectivity index (χ4v) is 2.30. The standard InChI is InChI=1S/C17H13NO3.C2H6/c1-21-17(20)15-7-8-18-16-10-12(5-6-14(15)16)11-3-2-4-13(19)9-11;1-2/h2-10,19H,1H3;1-2H3. The number of pyridine rings is 1. The lowest BCUT2D eigenvalue weighted by Gasteiger charge is -2.07. The van der Waals surface area contributed by atoms with Crippen LogP contribution in [0.3, 0.4) is 0 Å². The van der Waals surface area contributed by atoms with Crippen LogP contribution in [0.4, 0.5) is 0 Å². The molecule has 1 heterocycles. The molecular weight excluding hydrogens is 290 g/mol. The minimum absolute atomic E-state index is 0.212. The fraction of sp³-hybridized carbons (Fsp3) is 0.158. The van der Waals surface area contributed by atoms with E-state index in [1.54, 1.807) is 30.5 Å². The average Bonchev–Trinajstić information content (AvgIpc) is 2.61. The number of esters is 1. The van der Waals surface area contributed by atoms with Crippen LogP contribution in [0.25, 0.3) is 22.0 Å². The number of fused-ring (bicyclic) bond motifs is 1. The molecule has 0 fully saturated rings. The number of carbonyl (C=O) groups is 1. The van der Waals surface area contributed by atoms with Gasteiger partial charge in [0.25, 0.3) is 0 Å². The quantitative estimate of drug-likeness (QED) is 0.712. The van der Waals surface area contributed by atoms with Crippen molar-refractivity contribution in [2.45, 2.75) is 13.8 Å². The zero-order valence-electron chi connectivity index (χ0n) is 13.4. The Morgan fingerprint density at radius 2 is 1.78 bits per heavy atom. The molecule has 0 aliphatic heterocycles. The molecule has 0 aliphatic rings. The number of hydrogen-bond acceptors (Lipinski definition) is 4. The van der Waals surface area contributed by atoms with Crippen LogP contribution in [0.1, 0.15) is 24.2 Å². The van der Waals surface area contributed by atoms with Crippen LogP contribution in [0.2, 0.25) is 0 Å². The summed E-state index contributed by atoms with van der Waals surface area (Å²) in [7, 11) is 1.36. The van der Waals surface area contributed by atoms with Gasteiger partial charge in [-0.3, -0.25) is 4.98 Å². The van der Waals surface area contributed by atoms with Crippen LogP contribution in [-0.2, 0) is 4.74 Å². The molecule has 0 saturated carbocycles. The second-order valence-electron chi connectivity index (χ2n) is 4.63. The molecule has 0 atom stereocenters. The Morgan fingerprint density at radius 3 is 2.48 bits per heavy atom. The van der Waals surface area contributed by atoms with Gasteiger partial charge in [0.1, 0.15) is 5.75 Å². The van der Waals surface area contributed by atoms with E-state index in [0.29, 0.717) is 11.1 Å². The Morgan fingerprint density at radius 1 is 1.04 bits per heavy atom. The Bertz CT molecular complexity index is 828. The van der Waals surface area contributed by atoms with Crippen LogP contribution in [-0.4, -0.2) is 23.2 Å². The van der Waals surface area contributed by atoms with Crippen molar-refractivity contribution in [3.05, 3.63) is 60.3 Å². The van der Waals surface area contributed by atoms with E-state index in [0.717, 1.165) is 16.5 Å². The van der Waals surface area contributed by atoms with Crippen molar-refractivity contribution in [2.75, 3.05) is 7.11 Å². The highest BCUT2D eigenvalue weighted by Crippen LogP contribution is 2.27. The number of aromatic hydroxyl groups is 1. The van der Waals surface area contributed by atoms with Gasteiger partial charge in [0.2, 0.25) is 0 Å². The number of phenols is 1. The zero-order valence-corrected chi connectivity index (χ0v) is 13.4. The molecular formula is C19H19NO3. The summed E-state index contributed by atoms with van der Waals surface area (Å²) in [6.07, 6.45) is 1.58. The summed E-state index contributed by atoms with van der Waals surface area (Å²) < 4.78 is 4.78. The minimum Gasteiger partial charge on any atom is -0.508 e. The van der Waals surface area contributed by atoms with Crippen LogP contribution in [0.5, 0.6) is 5.75 Å². The summed E-state index contributed by atoms with van der Waals surface area (Å²) in [4.78, 5) is 16.0. The number of ether oxygens (including phenoxy) is 1. The van der Waals surface area contributed by atoms with Crippen LogP contribution < -0.4 is 0 Å². The molecule has 1 aromatic heterocycles. The van der Waals surface area contributed by atoms with Crippen molar-refractivity contribution >= 4 is 16.9 Å². The Kier molecular flexibility index (Phi) is 5.31. The van der Waals surface area contributed by atoms with E-state index in [1.807, 2.05) is 38.1 Å². The van der Waals surface area contributed by atoms with Crippen molar-refractivity contribution in [1.29, 1.82) is 0 Å². The van der Waals surface area contributed by atoms with Gasteiger partial charge in [-0.2, -0.15) is 0 Å². The van der Waals surface area contributed by atoms with Gasteiger partial charge in [0.15, 0.2) is 0 Å². The summed E-state index contributed by atoms with van der Waals surface area (Å²) in [6, 6.07) is 14.3. The number of methoxy groups -OCH3 is 1. The average molecular weight is 309 g/mol. The third-order valence-electron chi connectivity index (χ3n) is 3.33. The normalized spacial score (nSPS) is 9.87. The second kappa shape index (κ2) is 7.40. The molecule has 2 aromatic carbocycles. The minimum atomic E-state index is -0.382. The van der Waals surface area contributed by atoms with E-state index in [-0.39, 0.29) is 11.7 Å². The van der Waals surface area contributed by atoms with Crippen molar-refractivity contribution in [3.63, 3.8) is 0 Å². The Balaban J connectivity index is 0.000000924. The maximum Gasteiger partial charge on any atom is 0.338 e. The number of rotatable bonds is 2.